The molecule has 1 aliphatic rings. The van der Waals surface area contributed by atoms with Crippen molar-refractivity contribution >= 4 is 52.5 Å². The molecule has 0 radical (unpaired) electrons. The van der Waals surface area contributed by atoms with Gasteiger partial charge in [0.15, 0.2) is 17.2 Å². The minimum atomic E-state index is -0.748. The van der Waals surface area contributed by atoms with E-state index in [0.29, 0.717) is 23.5 Å². The number of carbonyl (C=O) groups is 1. The van der Waals surface area contributed by atoms with Gasteiger partial charge < -0.3 is 14.2 Å². The maximum absolute atomic E-state index is 12.4. The topological polar surface area (TPSA) is 143 Å². The molecule has 3 aromatic rings. The molecule has 0 unspecified atom stereocenters. The summed E-state index contributed by atoms with van der Waals surface area (Å²) in [7, 11) is 0. The first-order valence-corrected chi connectivity index (χ1v) is 11.7. The van der Waals surface area contributed by atoms with Gasteiger partial charge in [-0.15, -0.1) is 0 Å². The molecular formula is C25H17Cl2N3O8. The fourth-order valence-electron chi connectivity index (χ4n) is 3.42. The maximum atomic E-state index is 12.4. The molecule has 11 nitrogen and oxygen atoms in total. The Labute approximate surface area is 225 Å². The van der Waals surface area contributed by atoms with Crippen molar-refractivity contribution in [2.24, 2.45) is 4.99 Å². The third-order valence-electron chi connectivity index (χ3n) is 5.18. The van der Waals surface area contributed by atoms with Crippen LogP contribution in [0.5, 0.6) is 11.5 Å². The van der Waals surface area contributed by atoms with Crippen molar-refractivity contribution in [3.05, 3.63) is 107 Å². The number of aliphatic imine (C=N–C) groups is 1. The third kappa shape index (κ3) is 5.90. The lowest BCUT2D eigenvalue weighted by atomic mass is 10.1. The van der Waals surface area contributed by atoms with Crippen LogP contribution < -0.4 is 9.47 Å². The summed E-state index contributed by atoms with van der Waals surface area (Å²) in [5.74, 6) is -0.282. The molecule has 0 N–H and O–H groups in total. The summed E-state index contributed by atoms with van der Waals surface area (Å²) in [6.45, 7) is 2.15. The van der Waals surface area contributed by atoms with E-state index < -0.39 is 15.8 Å². The molecule has 0 fully saturated rings. The Balaban J connectivity index is 1.59. The van der Waals surface area contributed by atoms with Crippen molar-refractivity contribution < 1.29 is 28.9 Å². The van der Waals surface area contributed by atoms with Crippen LogP contribution in [-0.4, -0.2) is 28.3 Å². The molecule has 194 valence electrons. The molecule has 0 aromatic heterocycles. The van der Waals surface area contributed by atoms with Crippen LogP contribution in [0.3, 0.4) is 0 Å². The molecule has 0 spiro atoms. The fraction of sp³-hybridized carbons (Fsp3) is 0.120. The molecule has 0 atom stereocenters. The van der Waals surface area contributed by atoms with Crippen LogP contribution in [0.15, 0.2) is 65.3 Å². The first-order chi connectivity index (χ1) is 18.2. The van der Waals surface area contributed by atoms with Crippen molar-refractivity contribution in [3.8, 4) is 11.5 Å². The fourth-order valence-corrected chi connectivity index (χ4v) is 3.95. The molecule has 0 aliphatic carbocycles. The number of nitro groups is 2. The molecule has 0 saturated heterocycles. The highest BCUT2D eigenvalue weighted by Gasteiger charge is 2.27. The number of nitro benzene ring substituents is 2. The van der Waals surface area contributed by atoms with Gasteiger partial charge in [-0.1, -0.05) is 23.2 Å². The van der Waals surface area contributed by atoms with Gasteiger partial charge in [0, 0.05) is 24.3 Å². The second-order valence-electron chi connectivity index (χ2n) is 7.73. The van der Waals surface area contributed by atoms with E-state index in [1.54, 1.807) is 31.2 Å². The second-order valence-corrected chi connectivity index (χ2v) is 8.55. The zero-order chi connectivity index (χ0) is 27.4. The third-order valence-corrected chi connectivity index (χ3v) is 5.77. The number of ether oxygens (including phenoxy) is 3. The predicted molar refractivity (Wildman–Crippen MR) is 139 cm³/mol. The van der Waals surface area contributed by atoms with Gasteiger partial charge in [-0.05, 0) is 54.5 Å². The number of esters is 1. The quantitative estimate of drug-likeness (QED) is 0.132. The number of rotatable bonds is 9. The number of hydrogen-bond donors (Lipinski definition) is 0. The molecule has 0 amide bonds. The highest BCUT2D eigenvalue weighted by molar-refractivity contribution is 6.35. The smallest absolute Gasteiger partial charge is 0.363 e. The lowest BCUT2D eigenvalue weighted by Crippen LogP contribution is -2.06. The van der Waals surface area contributed by atoms with Crippen LogP contribution in [0.4, 0.5) is 11.4 Å². The average Bonchev–Trinajstić information content (AvgIpc) is 3.23. The van der Waals surface area contributed by atoms with Gasteiger partial charge in [-0.25, -0.2) is 9.79 Å². The summed E-state index contributed by atoms with van der Waals surface area (Å²) < 4.78 is 16.7. The molecule has 0 saturated carbocycles. The van der Waals surface area contributed by atoms with E-state index in [4.69, 9.17) is 37.4 Å². The summed E-state index contributed by atoms with van der Waals surface area (Å²) in [6, 6.07) is 12.7. The van der Waals surface area contributed by atoms with E-state index in [-0.39, 0.29) is 50.9 Å². The van der Waals surface area contributed by atoms with Gasteiger partial charge in [-0.3, -0.25) is 20.2 Å². The SMILES string of the molecule is CCOc1cc(/C=C2\N=C(c3ccc([N+](=O)[O-])cc3Cl)OC2=O)cc(Cl)c1OCc1ccc([N+](=O)[O-])cc1. The van der Waals surface area contributed by atoms with Gasteiger partial charge in [0.2, 0.25) is 5.90 Å². The van der Waals surface area contributed by atoms with E-state index in [0.717, 1.165) is 6.07 Å². The van der Waals surface area contributed by atoms with Crippen LogP contribution in [0.2, 0.25) is 10.0 Å². The van der Waals surface area contributed by atoms with E-state index in [9.17, 15) is 25.0 Å². The van der Waals surface area contributed by atoms with E-state index >= 15 is 0 Å². The van der Waals surface area contributed by atoms with Crippen molar-refractivity contribution in [1.29, 1.82) is 0 Å². The maximum Gasteiger partial charge on any atom is 0.363 e. The monoisotopic (exact) mass is 557 g/mol. The number of cyclic esters (lactones) is 1. The number of halogens is 2. The largest absolute Gasteiger partial charge is 0.490 e. The minimum Gasteiger partial charge on any atom is -0.490 e. The Morgan fingerprint density at radius 3 is 2.26 bits per heavy atom. The first kappa shape index (κ1) is 26.6. The van der Waals surface area contributed by atoms with Crippen molar-refractivity contribution in [1.82, 2.24) is 0 Å². The molecule has 4 rings (SSSR count). The summed E-state index contributed by atoms with van der Waals surface area (Å²) >= 11 is 12.6. The van der Waals surface area contributed by atoms with Crippen LogP contribution in [-0.2, 0) is 16.1 Å². The molecule has 1 heterocycles. The van der Waals surface area contributed by atoms with Crippen molar-refractivity contribution in [2.45, 2.75) is 13.5 Å². The van der Waals surface area contributed by atoms with E-state index in [2.05, 4.69) is 4.99 Å². The van der Waals surface area contributed by atoms with Crippen LogP contribution >= 0.6 is 23.2 Å². The Morgan fingerprint density at radius 2 is 1.63 bits per heavy atom. The Morgan fingerprint density at radius 1 is 0.947 bits per heavy atom. The van der Waals surface area contributed by atoms with Crippen LogP contribution in [0.25, 0.3) is 6.08 Å². The first-order valence-electron chi connectivity index (χ1n) is 11.0. The van der Waals surface area contributed by atoms with Crippen LogP contribution in [0, 0.1) is 20.2 Å². The zero-order valence-corrected chi connectivity index (χ0v) is 21.1. The molecule has 0 bridgehead atoms. The standard InChI is InChI=1S/C25H17Cl2N3O8/c1-2-36-22-11-15(9-20(27)23(22)37-13-14-3-5-16(6-4-14)29(32)33)10-21-25(31)38-24(28-21)18-8-7-17(30(34)35)12-19(18)26/h3-12H,2,13H2,1H3/b21-10-. The predicted octanol–water partition coefficient (Wildman–Crippen LogP) is 6.13. The molecule has 3 aromatic carbocycles. The van der Waals surface area contributed by atoms with E-state index in [1.165, 1.54) is 30.3 Å². The Hall–Kier alpha value is -4.48. The lowest BCUT2D eigenvalue weighted by molar-refractivity contribution is -0.385. The second kappa shape index (κ2) is 11.3. The molecule has 13 heteroatoms. The van der Waals surface area contributed by atoms with Gasteiger partial charge >= 0.3 is 5.97 Å². The molecule has 1 aliphatic heterocycles. The summed E-state index contributed by atoms with van der Waals surface area (Å²) in [5, 5.41) is 22.0. The highest BCUT2D eigenvalue weighted by Crippen LogP contribution is 2.38. The molecular weight excluding hydrogens is 541 g/mol. The lowest BCUT2D eigenvalue weighted by Gasteiger charge is -2.14. The summed E-state index contributed by atoms with van der Waals surface area (Å²) in [6.07, 6.45) is 1.43. The number of nitrogens with zero attached hydrogens (tertiary/aromatic N) is 3. The Bertz CT molecular complexity index is 1500. The van der Waals surface area contributed by atoms with Gasteiger partial charge in [0.05, 0.1) is 32.1 Å². The molecule has 38 heavy (non-hydrogen) atoms. The van der Waals surface area contributed by atoms with Gasteiger partial charge in [-0.2, -0.15) is 0 Å². The number of non-ortho nitro benzene ring substituents is 2. The zero-order valence-electron chi connectivity index (χ0n) is 19.6. The Kier molecular flexibility index (Phi) is 7.89. The summed E-state index contributed by atoms with van der Waals surface area (Å²) in [4.78, 5) is 37.3. The van der Waals surface area contributed by atoms with Gasteiger partial charge in [0.25, 0.3) is 11.4 Å². The van der Waals surface area contributed by atoms with E-state index in [1.807, 2.05) is 0 Å². The van der Waals surface area contributed by atoms with Crippen LogP contribution in [0.1, 0.15) is 23.6 Å². The van der Waals surface area contributed by atoms with Crippen molar-refractivity contribution in [3.63, 3.8) is 0 Å². The average molecular weight is 558 g/mol. The highest BCUT2D eigenvalue weighted by atomic mass is 35.5. The number of benzene rings is 3. The number of hydrogen-bond acceptors (Lipinski definition) is 9. The van der Waals surface area contributed by atoms with Crippen molar-refractivity contribution in [2.75, 3.05) is 6.61 Å². The summed E-state index contributed by atoms with van der Waals surface area (Å²) in [5.41, 5.74) is 1.07. The number of carbonyl (C=O) groups excluding carboxylic acids is 1. The van der Waals surface area contributed by atoms with Gasteiger partial charge in [0.1, 0.15) is 6.61 Å². The minimum absolute atomic E-state index is 0.00296. The normalized spacial score (nSPS) is 13.7.